The maximum Gasteiger partial charge on any atom is 0.150 e. The Hall–Kier alpha value is -1.53. The summed E-state index contributed by atoms with van der Waals surface area (Å²) in [4.78, 5) is 7.84. The van der Waals surface area contributed by atoms with Gasteiger partial charge in [0.25, 0.3) is 0 Å². The number of aromatic nitrogens is 2. The van der Waals surface area contributed by atoms with Gasteiger partial charge >= 0.3 is 0 Å². The van der Waals surface area contributed by atoms with Crippen LogP contribution in [0.3, 0.4) is 0 Å². The highest BCUT2D eigenvalue weighted by Crippen LogP contribution is 2.27. The standard InChI is InChI=1S/C12H12BrClN4O/c1-19-9-3-2-7(4-8(9)13)5-16-12-10(14)11(15)17-6-18-12/h2-4,6H,5H2,1H3,(H3,15,16,17,18). The van der Waals surface area contributed by atoms with Gasteiger partial charge in [0.05, 0.1) is 11.6 Å². The van der Waals surface area contributed by atoms with E-state index in [0.717, 1.165) is 15.8 Å². The highest BCUT2D eigenvalue weighted by Gasteiger charge is 2.06. The number of ether oxygens (including phenoxy) is 1. The average Bonchev–Trinajstić information content (AvgIpc) is 2.40. The first-order chi connectivity index (χ1) is 9.11. The lowest BCUT2D eigenvalue weighted by Gasteiger charge is -2.09. The van der Waals surface area contributed by atoms with Crippen LogP contribution in [0.15, 0.2) is 29.0 Å². The smallest absolute Gasteiger partial charge is 0.150 e. The Morgan fingerprint density at radius 3 is 2.89 bits per heavy atom. The van der Waals surface area contributed by atoms with Crippen LogP contribution in [0.4, 0.5) is 11.6 Å². The lowest BCUT2D eigenvalue weighted by Crippen LogP contribution is -2.04. The van der Waals surface area contributed by atoms with Gasteiger partial charge in [0.2, 0.25) is 0 Å². The first-order valence-corrected chi connectivity index (χ1v) is 6.61. The minimum Gasteiger partial charge on any atom is -0.496 e. The minimum absolute atomic E-state index is 0.259. The number of rotatable bonds is 4. The van der Waals surface area contributed by atoms with Crippen molar-refractivity contribution in [2.75, 3.05) is 18.2 Å². The van der Waals surface area contributed by atoms with Crippen molar-refractivity contribution in [1.82, 2.24) is 9.97 Å². The van der Waals surface area contributed by atoms with E-state index in [1.54, 1.807) is 7.11 Å². The molecule has 0 atom stereocenters. The predicted molar refractivity (Wildman–Crippen MR) is 79.5 cm³/mol. The molecule has 0 aliphatic rings. The molecule has 0 radical (unpaired) electrons. The van der Waals surface area contributed by atoms with Crippen molar-refractivity contribution in [2.24, 2.45) is 0 Å². The molecule has 0 unspecified atom stereocenters. The number of nitrogens with zero attached hydrogens (tertiary/aromatic N) is 2. The molecule has 19 heavy (non-hydrogen) atoms. The van der Waals surface area contributed by atoms with Gasteiger partial charge in [-0.15, -0.1) is 0 Å². The number of nitrogens with one attached hydrogen (secondary N) is 1. The van der Waals surface area contributed by atoms with E-state index in [1.807, 2.05) is 18.2 Å². The van der Waals surface area contributed by atoms with Crippen LogP contribution in [0.1, 0.15) is 5.56 Å². The summed E-state index contributed by atoms with van der Waals surface area (Å²) in [7, 11) is 1.63. The SMILES string of the molecule is COc1ccc(CNc2ncnc(N)c2Cl)cc1Br. The molecular weight excluding hydrogens is 332 g/mol. The molecule has 0 saturated heterocycles. The molecule has 2 aromatic rings. The molecule has 2 rings (SSSR count). The average molecular weight is 344 g/mol. The van der Waals surface area contributed by atoms with Gasteiger partial charge in [0.15, 0.2) is 5.82 Å². The Balaban J connectivity index is 2.10. The zero-order chi connectivity index (χ0) is 13.8. The Morgan fingerprint density at radius 2 is 2.21 bits per heavy atom. The molecule has 1 aromatic carbocycles. The number of methoxy groups -OCH3 is 1. The van der Waals surface area contributed by atoms with Crippen LogP contribution >= 0.6 is 27.5 Å². The molecule has 0 bridgehead atoms. The van der Waals surface area contributed by atoms with Crippen molar-refractivity contribution in [3.05, 3.63) is 39.6 Å². The second kappa shape index (κ2) is 6.08. The lowest BCUT2D eigenvalue weighted by atomic mass is 10.2. The summed E-state index contributed by atoms with van der Waals surface area (Å²) in [5.74, 6) is 1.56. The van der Waals surface area contributed by atoms with Crippen LogP contribution in [0, 0.1) is 0 Å². The summed E-state index contributed by atoms with van der Waals surface area (Å²) in [5.41, 5.74) is 6.66. The van der Waals surface area contributed by atoms with Crippen LogP contribution in [-0.2, 0) is 6.54 Å². The van der Waals surface area contributed by atoms with Crippen molar-refractivity contribution in [1.29, 1.82) is 0 Å². The van der Waals surface area contributed by atoms with Gasteiger partial charge in [-0.2, -0.15) is 0 Å². The number of nitrogen functional groups attached to an aromatic ring is 1. The third kappa shape index (κ3) is 3.27. The topological polar surface area (TPSA) is 73.1 Å². The third-order valence-electron chi connectivity index (χ3n) is 2.49. The molecule has 0 aliphatic heterocycles. The summed E-state index contributed by atoms with van der Waals surface area (Å²) in [6.07, 6.45) is 1.37. The molecule has 0 amide bonds. The van der Waals surface area contributed by atoms with Gasteiger partial charge in [-0.25, -0.2) is 9.97 Å². The quantitative estimate of drug-likeness (QED) is 0.892. The summed E-state index contributed by atoms with van der Waals surface area (Å²) >= 11 is 9.43. The fourth-order valence-electron chi connectivity index (χ4n) is 1.51. The largest absolute Gasteiger partial charge is 0.496 e. The van der Waals surface area contributed by atoms with Crippen LogP contribution in [0.2, 0.25) is 5.02 Å². The van der Waals surface area contributed by atoms with Gasteiger partial charge in [-0.05, 0) is 33.6 Å². The Bertz CT molecular complexity index is 594. The number of hydrogen-bond donors (Lipinski definition) is 2. The number of anilines is 2. The van der Waals surface area contributed by atoms with Crippen molar-refractivity contribution in [3.8, 4) is 5.75 Å². The monoisotopic (exact) mass is 342 g/mol. The van der Waals surface area contributed by atoms with E-state index < -0.39 is 0 Å². The molecule has 0 aliphatic carbocycles. The molecule has 0 fully saturated rings. The summed E-state index contributed by atoms with van der Waals surface area (Å²) in [6, 6.07) is 5.80. The van der Waals surface area contributed by atoms with Crippen molar-refractivity contribution >= 4 is 39.2 Å². The molecular formula is C12H12BrClN4O. The summed E-state index contributed by atoms with van der Waals surface area (Å²) in [5, 5.41) is 3.44. The molecule has 1 heterocycles. The second-order valence-electron chi connectivity index (χ2n) is 3.74. The molecule has 1 aromatic heterocycles. The van der Waals surface area contributed by atoms with E-state index >= 15 is 0 Å². The Kier molecular flexibility index (Phi) is 4.44. The number of hydrogen-bond acceptors (Lipinski definition) is 5. The highest BCUT2D eigenvalue weighted by molar-refractivity contribution is 9.10. The number of benzene rings is 1. The number of halogens is 2. The minimum atomic E-state index is 0.259. The fraction of sp³-hybridized carbons (Fsp3) is 0.167. The van der Waals surface area contributed by atoms with E-state index in [1.165, 1.54) is 6.33 Å². The van der Waals surface area contributed by atoms with Crippen molar-refractivity contribution in [3.63, 3.8) is 0 Å². The van der Waals surface area contributed by atoms with E-state index in [2.05, 4.69) is 31.2 Å². The van der Waals surface area contributed by atoms with Crippen LogP contribution in [0.5, 0.6) is 5.75 Å². The van der Waals surface area contributed by atoms with Crippen molar-refractivity contribution < 1.29 is 4.74 Å². The van der Waals surface area contributed by atoms with Crippen LogP contribution in [-0.4, -0.2) is 17.1 Å². The van der Waals surface area contributed by atoms with Gasteiger partial charge in [-0.1, -0.05) is 17.7 Å². The highest BCUT2D eigenvalue weighted by atomic mass is 79.9. The van der Waals surface area contributed by atoms with Crippen molar-refractivity contribution in [2.45, 2.75) is 6.54 Å². The zero-order valence-electron chi connectivity index (χ0n) is 10.2. The molecule has 100 valence electrons. The second-order valence-corrected chi connectivity index (χ2v) is 4.98. The van der Waals surface area contributed by atoms with E-state index in [0.29, 0.717) is 17.4 Å². The number of nitrogens with two attached hydrogens (primary N) is 1. The molecule has 0 saturated carbocycles. The first-order valence-electron chi connectivity index (χ1n) is 5.44. The summed E-state index contributed by atoms with van der Waals surface area (Å²) < 4.78 is 6.06. The van der Waals surface area contributed by atoms with Gasteiger partial charge in [-0.3, -0.25) is 0 Å². The molecule has 7 heteroatoms. The van der Waals surface area contributed by atoms with Crippen LogP contribution in [0.25, 0.3) is 0 Å². The van der Waals surface area contributed by atoms with Gasteiger partial charge < -0.3 is 15.8 Å². The Labute approximate surface area is 124 Å². The normalized spacial score (nSPS) is 10.3. The fourth-order valence-corrected chi connectivity index (χ4v) is 2.26. The summed E-state index contributed by atoms with van der Waals surface area (Å²) in [6.45, 7) is 0.568. The molecule has 0 spiro atoms. The zero-order valence-corrected chi connectivity index (χ0v) is 12.5. The molecule has 5 nitrogen and oxygen atoms in total. The lowest BCUT2D eigenvalue weighted by molar-refractivity contribution is 0.412. The Morgan fingerprint density at radius 1 is 1.42 bits per heavy atom. The first kappa shape index (κ1) is 13.9. The molecule has 3 N–H and O–H groups in total. The maximum absolute atomic E-state index is 6.00. The van der Waals surface area contributed by atoms with Gasteiger partial charge in [0.1, 0.15) is 22.9 Å². The van der Waals surface area contributed by atoms with Gasteiger partial charge in [0, 0.05) is 6.54 Å². The van der Waals surface area contributed by atoms with Crippen LogP contribution < -0.4 is 15.8 Å². The predicted octanol–water partition coefficient (Wildman–Crippen LogP) is 3.10. The third-order valence-corrected chi connectivity index (χ3v) is 3.48. The van der Waals surface area contributed by atoms with E-state index in [9.17, 15) is 0 Å². The van der Waals surface area contributed by atoms with E-state index in [4.69, 9.17) is 22.1 Å². The van der Waals surface area contributed by atoms with E-state index in [-0.39, 0.29) is 5.82 Å². The maximum atomic E-state index is 6.00.